The van der Waals surface area contributed by atoms with E-state index in [9.17, 15) is 26.5 Å². The zero-order valence-corrected chi connectivity index (χ0v) is 20.8. The lowest BCUT2D eigenvalue weighted by Gasteiger charge is -2.13. The third kappa shape index (κ3) is 8.21. The predicted molar refractivity (Wildman–Crippen MR) is 134 cm³/mol. The van der Waals surface area contributed by atoms with Crippen molar-refractivity contribution in [1.82, 2.24) is 0 Å². The van der Waals surface area contributed by atoms with E-state index in [1.165, 1.54) is 30.3 Å². The molecule has 0 aliphatic carbocycles. The first-order chi connectivity index (χ1) is 15.9. The van der Waals surface area contributed by atoms with Crippen molar-refractivity contribution in [3.05, 3.63) is 48.0 Å². The molecule has 0 aliphatic heterocycles. The summed E-state index contributed by atoms with van der Waals surface area (Å²) >= 11 is 0. The minimum Gasteiger partial charge on any atom is -0.505 e. The van der Waals surface area contributed by atoms with E-state index >= 15 is 0 Å². The van der Waals surface area contributed by atoms with Crippen LogP contribution < -0.4 is 5.32 Å². The van der Waals surface area contributed by atoms with Gasteiger partial charge in [-0.1, -0.05) is 19.6 Å². The Labute approximate surface area is 208 Å². The Morgan fingerprint density at radius 2 is 1.47 bits per heavy atom. The highest BCUT2D eigenvalue weighted by atomic mass is 32.3. The second kappa shape index (κ2) is 11.3. The molecule has 0 saturated carbocycles. The van der Waals surface area contributed by atoms with E-state index in [-0.39, 0.29) is 18.0 Å². The molecule has 0 aliphatic rings. The van der Waals surface area contributed by atoms with Gasteiger partial charge < -0.3 is 10.4 Å². The van der Waals surface area contributed by atoms with Crippen LogP contribution in [-0.2, 0) is 30.4 Å². The Bertz CT molecular complexity index is 1630. The number of benzene rings is 3. The fourth-order valence-corrected chi connectivity index (χ4v) is 4.33. The summed E-state index contributed by atoms with van der Waals surface area (Å²) < 4.78 is 88.5. The number of anilines is 1. The zero-order chi connectivity index (χ0) is 26.8. The van der Waals surface area contributed by atoms with E-state index < -0.39 is 46.7 Å². The summed E-state index contributed by atoms with van der Waals surface area (Å²) in [5.74, 6) is -0.493. The summed E-state index contributed by atoms with van der Waals surface area (Å²) in [5.41, 5.74) is 0.992. The molecule has 0 saturated heterocycles. The van der Waals surface area contributed by atoms with Gasteiger partial charge >= 0.3 is 10.4 Å². The van der Waals surface area contributed by atoms with E-state index in [1.54, 1.807) is 26.1 Å². The molecule has 36 heavy (non-hydrogen) atoms. The summed E-state index contributed by atoms with van der Waals surface area (Å²) in [6.07, 6.45) is 1.04. The fourth-order valence-electron chi connectivity index (χ4n) is 3.01. The van der Waals surface area contributed by atoms with Gasteiger partial charge in [-0.3, -0.25) is 13.7 Å². The van der Waals surface area contributed by atoms with Gasteiger partial charge in [-0.05, 0) is 48.2 Å². The topological polar surface area (TPSA) is 220 Å². The minimum atomic E-state index is -4.75. The normalized spacial score (nSPS) is 12.1. The molecule has 3 aromatic rings. The fraction of sp³-hybridized carbons (Fsp3) is 0.200. The molecule has 0 radical (unpaired) electrons. The van der Waals surface area contributed by atoms with Gasteiger partial charge in [0.1, 0.15) is 10.6 Å². The number of nitrogens with one attached hydrogen (secondary N) is 1. The number of fused-ring (bicyclic) bond motifs is 1. The van der Waals surface area contributed by atoms with Crippen LogP contribution >= 0.6 is 0 Å². The Kier molecular flexibility index (Phi) is 9.67. The van der Waals surface area contributed by atoms with Gasteiger partial charge in [-0.2, -0.15) is 21.9 Å². The molecule has 0 spiro atoms. The predicted octanol–water partition coefficient (Wildman–Crippen LogP) is 3.94. The Hall–Kier alpha value is -3.15. The maximum atomic E-state index is 11.9. The molecular formula is C20H25N3O10S3. The maximum absolute atomic E-state index is 11.9. The van der Waals surface area contributed by atoms with Gasteiger partial charge in [-0.15, -0.1) is 5.11 Å². The molecule has 198 valence electrons. The van der Waals surface area contributed by atoms with Gasteiger partial charge in [0, 0.05) is 24.4 Å². The maximum Gasteiger partial charge on any atom is 0.394 e. The molecule has 3 aromatic carbocycles. The number of rotatable bonds is 5. The van der Waals surface area contributed by atoms with Crippen LogP contribution in [0.4, 0.5) is 17.1 Å². The first kappa shape index (κ1) is 30.9. The van der Waals surface area contributed by atoms with Crippen LogP contribution in [0, 0.1) is 6.92 Å². The zero-order valence-electron chi connectivity index (χ0n) is 18.4. The van der Waals surface area contributed by atoms with Crippen molar-refractivity contribution in [2.75, 3.05) is 18.6 Å². The van der Waals surface area contributed by atoms with E-state index in [0.717, 1.165) is 11.8 Å². The van der Waals surface area contributed by atoms with Crippen LogP contribution in [0.2, 0.25) is 0 Å². The second-order valence-electron chi connectivity index (χ2n) is 7.12. The molecule has 0 aromatic heterocycles. The number of nitrogens with zero attached hydrogens (tertiary/aromatic N) is 2. The Balaban J connectivity index is 0.000000983. The van der Waals surface area contributed by atoms with Crippen LogP contribution in [0.15, 0.2) is 62.5 Å². The molecular weight excluding hydrogens is 538 g/mol. The summed E-state index contributed by atoms with van der Waals surface area (Å²) in [7, 11) is -11.3. The smallest absolute Gasteiger partial charge is 0.394 e. The van der Waals surface area contributed by atoms with Crippen LogP contribution in [0.1, 0.15) is 13.0 Å². The Morgan fingerprint density at radius 1 is 0.889 bits per heavy atom. The molecule has 0 fully saturated rings. The third-order valence-corrected chi connectivity index (χ3v) is 6.33. The number of sulfone groups is 1. The summed E-state index contributed by atoms with van der Waals surface area (Å²) in [4.78, 5) is -0.618. The van der Waals surface area contributed by atoms with Crippen LogP contribution in [0.5, 0.6) is 5.75 Å². The summed E-state index contributed by atoms with van der Waals surface area (Å²) in [5, 5.41) is 22.1. The molecule has 13 nitrogen and oxygen atoms in total. The third-order valence-electron chi connectivity index (χ3n) is 4.35. The van der Waals surface area contributed by atoms with Gasteiger partial charge in [0.2, 0.25) is 0 Å². The van der Waals surface area contributed by atoms with Crippen LogP contribution in [0.3, 0.4) is 0 Å². The highest BCUT2D eigenvalue weighted by molar-refractivity contribution is 7.90. The molecule has 16 heteroatoms. The molecule has 0 heterocycles. The first-order valence-corrected chi connectivity index (χ1v) is 14.0. The summed E-state index contributed by atoms with van der Waals surface area (Å²) in [6, 6.07) is 10.2. The number of hydrogen-bond donors (Lipinski definition) is 5. The van der Waals surface area contributed by atoms with E-state index in [2.05, 4.69) is 15.5 Å². The lowest BCUT2D eigenvalue weighted by molar-refractivity contribution is 0.380. The highest BCUT2D eigenvalue weighted by Gasteiger charge is 2.23. The molecule has 0 unspecified atom stereocenters. The largest absolute Gasteiger partial charge is 0.505 e. The highest BCUT2D eigenvalue weighted by Crippen LogP contribution is 2.44. The van der Waals surface area contributed by atoms with E-state index in [0.29, 0.717) is 16.5 Å². The average Bonchev–Trinajstić information content (AvgIpc) is 2.69. The minimum absolute atomic E-state index is 0. The van der Waals surface area contributed by atoms with Crippen molar-refractivity contribution >= 4 is 58.2 Å². The van der Waals surface area contributed by atoms with Gasteiger partial charge in [0.05, 0.1) is 10.6 Å². The molecule has 0 atom stereocenters. The number of aromatic hydroxyl groups is 1. The average molecular weight is 564 g/mol. The van der Waals surface area contributed by atoms with Crippen molar-refractivity contribution in [2.45, 2.75) is 24.1 Å². The number of hydrogen-bond acceptors (Lipinski definition) is 10. The van der Waals surface area contributed by atoms with Gasteiger partial charge in [0.25, 0.3) is 10.1 Å². The van der Waals surface area contributed by atoms with Crippen molar-refractivity contribution < 1.29 is 44.0 Å². The van der Waals surface area contributed by atoms with E-state index in [4.69, 9.17) is 17.5 Å². The lowest BCUT2D eigenvalue weighted by Crippen LogP contribution is -2.00. The van der Waals surface area contributed by atoms with Crippen LogP contribution in [0.25, 0.3) is 10.8 Å². The Morgan fingerprint density at radius 3 is 1.97 bits per heavy atom. The number of aryl methyl sites for hydroxylation is 1. The van der Waals surface area contributed by atoms with Crippen molar-refractivity contribution in [3.8, 4) is 5.75 Å². The lowest BCUT2D eigenvalue weighted by atomic mass is 10.0. The number of phenolic OH excluding ortho intramolecular Hbond substituents is 1. The van der Waals surface area contributed by atoms with Crippen molar-refractivity contribution in [1.29, 1.82) is 0 Å². The molecule has 3 rings (SSSR count). The molecule has 0 bridgehead atoms. The van der Waals surface area contributed by atoms with Crippen LogP contribution in [-0.4, -0.2) is 57.3 Å². The number of azo groups is 1. The van der Waals surface area contributed by atoms with E-state index in [1.807, 2.05) is 0 Å². The second-order valence-corrected chi connectivity index (χ2v) is 11.4. The van der Waals surface area contributed by atoms with Crippen molar-refractivity contribution in [2.24, 2.45) is 10.2 Å². The monoisotopic (exact) mass is 563 g/mol. The molecule has 5 N–H and O–H groups in total. The first-order valence-electron chi connectivity index (χ1n) is 9.29. The van der Waals surface area contributed by atoms with Gasteiger partial charge in [0.15, 0.2) is 15.6 Å². The SMILES string of the molecule is C.CNc1cc(C)cc2cc(S(=O)(=O)O)c(N=Nc3cccc(S(C)(=O)=O)c3)c(O)c12.O=S(=O)(O)O. The van der Waals surface area contributed by atoms with Crippen molar-refractivity contribution in [3.63, 3.8) is 0 Å². The molecule has 0 amide bonds. The quantitative estimate of drug-likeness (QED) is 0.221. The summed E-state index contributed by atoms with van der Waals surface area (Å²) in [6.45, 7) is 1.80. The number of phenols is 1. The van der Waals surface area contributed by atoms with Gasteiger partial charge in [-0.25, -0.2) is 8.42 Å². The standard InChI is InChI=1S/C19H19N3O6S2.CH4.H2O4S/c1-11-7-12-9-16(30(26,27)28)18(19(23)17(12)15(8-11)20-2)22-21-13-5-4-6-14(10-13)29(3,24)25;;1-5(2,3)4/h4-10,20,23H,1-3H3,(H,26,27,28);1H4;(H2,1,2,3,4).